The fraction of sp³-hybridized carbons (Fsp3) is 0.500. The van der Waals surface area contributed by atoms with Gasteiger partial charge in [-0.2, -0.15) is 0 Å². The Balaban J connectivity index is 3.03. The molecule has 1 atom stereocenters. The van der Waals surface area contributed by atoms with Gasteiger partial charge in [0.1, 0.15) is 5.69 Å². The summed E-state index contributed by atoms with van der Waals surface area (Å²) >= 11 is 0. The number of benzene rings is 1. The van der Waals surface area contributed by atoms with Crippen LogP contribution in [0.2, 0.25) is 0 Å². The van der Waals surface area contributed by atoms with E-state index in [0.29, 0.717) is 17.8 Å². The summed E-state index contributed by atoms with van der Waals surface area (Å²) < 4.78 is 0. The molecule has 0 radical (unpaired) electrons. The van der Waals surface area contributed by atoms with Crippen LogP contribution in [0.1, 0.15) is 30.6 Å². The van der Waals surface area contributed by atoms with E-state index in [1.165, 1.54) is 23.1 Å². The number of carbonyl (C=O) groups excluding carboxylic acids is 1. The molecule has 0 aliphatic rings. The van der Waals surface area contributed by atoms with Crippen LogP contribution in [0.5, 0.6) is 0 Å². The Bertz CT molecular complexity index is 517. The zero-order chi connectivity index (χ0) is 16.0. The Morgan fingerprint density at radius 3 is 2.71 bits per heavy atom. The van der Waals surface area contributed by atoms with Crippen LogP contribution in [-0.4, -0.2) is 47.1 Å². The molecule has 0 spiro atoms. The van der Waals surface area contributed by atoms with E-state index in [4.69, 9.17) is 0 Å². The molecule has 0 aromatic heterocycles. The van der Waals surface area contributed by atoms with Gasteiger partial charge in [-0.25, -0.2) is 0 Å². The highest BCUT2D eigenvalue weighted by Crippen LogP contribution is 2.26. The maximum atomic E-state index is 12.2. The van der Waals surface area contributed by atoms with Crippen molar-refractivity contribution in [3.8, 4) is 0 Å². The van der Waals surface area contributed by atoms with Gasteiger partial charge in [-0.05, 0) is 25.5 Å². The van der Waals surface area contributed by atoms with Gasteiger partial charge in [0.2, 0.25) is 0 Å². The molecule has 0 saturated heterocycles. The number of anilines is 1. The number of aliphatic hydroxyl groups is 1. The summed E-state index contributed by atoms with van der Waals surface area (Å²) in [5.41, 5.74) is 0.624. The van der Waals surface area contributed by atoms with Crippen molar-refractivity contribution in [2.75, 3.05) is 25.5 Å². The molecule has 0 bridgehead atoms. The van der Waals surface area contributed by atoms with Crippen molar-refractivity contribution >= 4 is 17.3 Å². The molecule has 1 rings (SSSR count). The summed E-state index contributed by atoms with van der Waals surface area (Å²) in [4.78, 5) is 24.1. The molecule has 1 aromatic carbocycles. The Kier molecular flexibility index (Phi) is 6.10. The number of hydrogen-bond acceptors (Lipinski definition) is 5. The number of nitro benzene ring substituents is 1. The second-order valence-corrected chi connectivity index (χ2v) is 4.95. The highest BCUT2D eigenvalue weighted by atomic mass is 16.6. The van der Waals surface area contributed by atoms with Crippen LogP contribution in [0.25, 0.3) is 0 Å². The monoisotopic (exact) mass is 295 g/mol. The number of nitrogens with one attached hydrogen (secondary N) is 1. The number of nitrogens with zero attached hydrogens (tertiary/aromatic N) is 2. The lowest BCUT2D eigenvalue weighted by Gasteiger charge is -2.19. The summed E-state index contributed by atoms with van der Waals surface area (Å²) in [6.45, 7) is 4.33. The molecule has 0 heterocycles. The van der Waals surface area contributed by atoms with E-state index >= 15 is 0 Å². The first-order valence-corrected chi connectivity index (χ1v) is 6.82. The summed E-state index contributed by atoms with van der Waals surface area (Å²) in [6, 6.07) is 4.23. The Morgan fingerprint density at radius 1 is 1.52 bits per heavy atom. The summed E-state index contributed by atoms with van der Waals surface area (Å²) in [6.07, 6.45) is 0.187. The third-order valence-corrected chi connectivity index (χ3v) is 2.89. The molecule has 1 unspecified atom stereocenters. The minimum atomic E-state index is -0.630. The van der Waals surface area contributed by atoms with Gasteiger partial charge in [-0.15, -0.1) is 0 Å². The number of amides is 1. The zero-order valence-electron chi connectivity index (χ0n) is 12.5. The van der Waals surface area contributed by atoms with E-state index in [1.54, 1.807) is 14.0 Å². The smallest absolute Gasteiger partial charge is 0.292 e. The van der Waals surface area contributed by atoms with Crippen LogP contribution >= 0.6 is 0 Å². The van der Waals surface area contributed by atoms with Crippen LogP contribution in [0.4, 0.5) is 11.4 Å². The minimum Gasteiger partial charge on any atom is -0.392 e. The van der Waals surface area contributed by atoms with Crippen molar-refractivity contribution in [2.45, 2.75) is 26.4 Å². The average Bonchev–Trinajstić information content (AvgIpc) is 2.42. The molecular formula is C14H21N3O4. The van der Waals surface area contributed by atoms with Gasteiger partial charge in [-0.3, -0.25) is 14.9 Å². The van der Waals surface area contributed by atoms with Crippen molar-refractivity contribution in [1.29, 1.82) is 0 Å². The third kappa shape index (κ3) is 4.71. The van der Waals surface area contributed by atoms with Crippen LogP contribution in [0.3, 0.4) is 0 Å². The number of rotatable bonds is 7. The fourth-order valence-electron chi connectivity index (χ4n) is 1.93. The van der Waals surface area contributed by atoms with E-state index in [0.717, 1.165) is 6.42 Å². The fourth-order valence-corrected chi connectivity index (χ4v) is 1.93. The number of nitro groups is 1. The highest BCUT2D eigenvalue weighted by molar-refractivity contribution is 5.95. The SMILES string of the molecule is CCCNc1cc(C(=O)N(C)CC(C)O)ccc1[N+](=O)[O-]. The van der Waals surface area contributed by atoms with E-state index in [1.807, 2.05) is 6.92 Å². The normalized spacial score (nSPS) is 11.8. The van der Waals surface area contributed by atoms with Gasteiger partial charge >= 0.3 is 0 Å². The molecule has 7 nitrogen and oxygen atoms in total. The topological polar surface area (TPSA) is 95.7 Å². The van der Waals surface area contributed by atoms with Crippen LogP contribution < -0.4 is 5.32 Å². The van der Waals surface area contributed by atoms with Crippen molar-refractivity contribution in [3.05, 3.63) is 33.9 Å². The molecule has 21 heavy (non-hydrogen) atoms. The van der Waals surface area contributed by atoms with Crippen molar-refractivity contribution < 1.29 is 14.8 Å². The lowest BCUT2D eigenvalue weighted by molar-refractivity contribution is -0.384. The zero-order valence-corrected chi connectivity index (χ0v) is 12.5. The van der Waals surface area contributed by atoms with Gasteiger partial charge in [0, 0.05) is 31.8 Å². The largest absolute Gasteiger partial charge is 0.392 e. The van der Waals surface area contributed by atoms with E-state index in [-0.39, 0.29) is 18.1 Å². The predicted molar refractivity (Wildman–Crippen MR) is 80.5 cm³/mol. The molecule has 0 aliphatic heterocycles. The van der Waals surface area contributed by atoms with Crippen LogP contribution in [0.15, 0.2) is 18.2 Å². The molecule has 7 heteroatoms. The number of hydrogen-bond donors (Lipinski definition) is 2. The van der Waals surface area contributed by atoms with E-state index in [9.17, 15) is 20.0 Å². The third-order valence-electron chi connectivity index (χ3n) is 2.89. The molecule has 1 aromatic rings. The lowest BCUT2D eigenvalue weighted by Crippen LogP contribution is -2.33. The number of likely N-dealkylation sites (N-methyl/N-ethyl adjacent to an activating group) is 1. The number of carbonyl (C=O) groups is 1. The summed E-state index contributed by atoms with van der Waals surface area (Å²) in [5, 5.41) is 23.3. The quantitative estimate of drug-likeness (QED) is 0.591. The lowest BCUT2D eigenvalue weighted by atomic mass is 10.1. The van der Waals surface area contributed by atoms with Gasteiger partial charge in [0.15, 0.2) is 0 Å². The molecule has 2 N–H and O–H groups in total. The maximum Gasteiger partial charge on any atom is 0.292 e. The van der Waals surface area contributed by atoms with Crippen LogP contribution in [0, 0.1) is 10.1 Å². The van der Waals surface area contributed by atoms with Gasteiger partial charge in [0.05, 0.1) is 11.0 Å². The maximum absolute atomic E-state index is 12.2. The van der Waals surface area contributed by atoms with E-state index in [2.05, 4.69) is 5.32 Å². The molecule has 0 aliphatic carbocycles. The molecule has 1 amide bonds. The average molecular weight is 295 g/mol. The summed E-state index contributed by atoms with van der Waals surface area (Å²) in [5.74, 6) is -0.287. The Labute approximate surface area is 123 Å². The van der Waals surface area contributed by atoms with Gasteiger partial charge in [-0.1, -0.05) is 6.92 Å². The van der Waals surface area contributed by atoms with Crippen LogP contribution in [-0.2, 0) is 0 Å². The molecule has 0 saturated carbocycles. The first kappa shape index (κ1) is 16.9. The Hall–Kier alpha value is -2.15. The van der Waals surface area contributed by atoms with Crippen molar-refractivity contribution in [2.24, 2.45) is 0 Å². The second kappa shape index (κ2) is 7.58. The molecule has 0 fully saturated rings. The highest BCUT2D eigenvalue weighted by Gasteiger charge is 2.19. The minimum absolute atomic E-state index is 0.0572. The molecule has 116 valence electrons. The van der Waals surface area contributed by atoms with E-state index < -0.39 is 11.0 Å². The van der Waals surface area contributed by atoms with Crippen molar-refractivity contribution in [1.82, 2.24) is 4.90 Å². The number of aliphatic hydroxyl groups excluding tert-OH is 1. The van der Waals surface area contributed by atoms with Gasteiger partial charge in [0.25, 0.3) is 11.6 Å². The first-order chi connectivity index (χ1) is 9.86. The predicted octanol–water partition coefficient (Wildman–Crippen LogP) is 1.87. The second-order valence-electron chi connectivity index (χ2n) is 4.95. The Morgan fingerprint density at radius 2 is 2.19 bits per heavy atom. The first-order valence-electron chi connectivity index (χ1n) is 6.82. The standard InChI is InChI=1S/C14H21N3O4/c1-4-7-15-12-8-11(5-6-13(12)17(20)21)14(19)16(3)9-10(2)18/h5-6,8,10,15,18H,4,7,9H2,1-3H3. The summed E-state index contributed by atoms with van der Waals surface area (Å²) in [7, 11) is 1.58. The molecular weight excluding hydrogens is 274 g/mol. The van der Waals surface area contributed by atoms with Gasteiger partial charge < -0.3 is 15.3 Å². The van der Waals surface area contributed by atoms with Crippen molar-refractivity contribution in [3.63, 3.8) is 0 Å².